The van der Waals surface area contributed by atoms with E-state index in [0.717, 1.165) is 57.4 Å². The monoisotopic (exact) mass is 948 g/mol. The molecule has 16 heteroatoms. The summed E-state index contributed by atoms with van der Waals surface area (Å²) >= 11 is 1.37. The van der Waals surface area contributed by atoms with Crippen LogP contribution in [0, 0.1) is 11.3 Å². The number of likely N-dealkylation sites (tertiary alicyclic amines) is 1. The third-order valence-corrected chi connectivity index (χ3v) is 14.3. The highest BCUT2D eigenvalue weighted by Crippen LogP contribution is 2.41. The van der Waals surface area contributed by atoms with Gasteiger partial charge in [-0.3, -0.25) is 19.6 Å². The summed E-state index contributed by atoms with van der Waals surface area (Å²) < 4.78 is 14.1. The maximum atomic E-state index is 14.7. The van der Waals surface area contributed by atoms with Crippen molar-refractivity contribution in [3.63, 3.8) is 0 Å². The van der Waals surface area contributed by atoms with Gasteiger partial charge in [0.15, 0.2) is 0 Å². The number of fused-ring (bicyclic) bond motifs is 6. The van der Waals surface area contributed by atoms with Crippen LogP contribution in [0.3, 0.4) is 0 Å². The van der Waals surface area contributed by atoms with E-state index in [9.17, 15) is 24.3 Å². The van der Waals surface area contributed by atoms with Crippen LogP contribution in [0.2, 0.25) is 0 Å². The lowest BCUT2D eigenvalue weighted by atomic mass is 9.84. The van der Waals surface area contributed by atoms with Crippen LogP contribution in [0.15, 0.2) is 77.3 Å². The van der Waals surface area contributed by atoms with Gasteiger partial charge < -0.3 is 34.3 Å². The summed E-state index contributed by atoms with van der Waals surface area (Å²) in [5.41, 5.74) is 6.97. The average Bonchev–Trinajstić information content (AvgIpc) is 4.08. The number of esters is 1. The summed E-state index contributed by atoms with van der Waals surface area (Å²) in [6.45, 7) is 19.2. The van der Waals surface area contributed by atoms with Crippen molar-refractivity contribution in [1.82, 2.24) is 35.1 Å². The molecule has 3 N–H and O–H groups in total. The van der Waals surface area contributed by atoms with Crippen molar-refractivity contribution < 1.29 is 33.8 Å². The minimum Gasteiger partial charge on any atom is -0.462 e. The van der Waals surface area contributed by atoms with Crippen molar-refractivity contribution >= 4 is 57.8 Å². The number of amides is 4. The topological polar surface area (TPSA) is 171 Å². The number of hydrogen-bond acceptors (Lipinski definition) is 11. The Morgan fingerprint density at radius 2 is 1.90 bits per heavy atom. The van der Waals surface area contributed by atoms with Crippen LogP contribution in [0.25, 0.3) is 27.7 Å². The Balaban J connectivity index is 1.30. The summed E-state index contributed by atoms with van der Waals surface area (Å²) in [4.78, 5) is 70.8. The van der Waals surface area contributed by atoms with Gasteiger partial charge in [0.1, 0.15) is 12.1 Å². The fourth-order valence-corrected chi connectivity index (χ4v) is 10.9. The van der Waals surface area contributed by atoms with Gasteiger partial charge in [-0.1, -0.05) is 76.7 Å². The number of hydrogen-bond donors (Lipinski definition) is 3. The molecule has 4 amide bonds. The number of thiazole rings is 1. The van der Waals surface area contributed by atoms with E-state index in [2.05, 4.69) is 40.9 Å². The molecule has 2 fully saturated rings. The van der Waals surface area contributed by atoms with Crippen molar-refractivity contribution in [3.8, 4) is 11.3 Å². The molecule has 5 atom stereocenters. The molecule has 2 aromatic carbocycles. The van der Waals surface area contributed by atoms with E-state index < -0.39 is 41.0 Å². The summed E-state index contributed by atoms with van der Waals surface area (Å²) in [7, 11) is 3.29. The number of aryl methyl sites for hydroxylation is 1. The molecular formula is C52H68N8O7S. The van der Waals surface area contributed by atoms with Crippen molar-refractivity contribution in [1.29, 1.82) is 0 Å². The van der Waals surface area contributed by atoms with Gasteiger partial charge >= 0.3 is 12.0 Å². The van der Waals surface area contributed by atoms with Crippen LogP contribution in [0.4, 0.5) is 4.79 Å². The molecule has 0 saturated carbocycles. The first-order chi connectivity index (χ1) is 32.4. The zero-order chi connectivity index (χ0) is 49.1. The molecule has 2 aromatic heterocycles. The normalized spacial score (nSPS) is 22.5. The quantitative estimate of drug-likeness (QED) is 0.0775. The summed E-state index contributed by atoms with van der Waals surface area (Å²) in [5.74, 6) is -2.31. The molecule has 2 saturated heterocycles. The molecule has 0 unspecified atom stereocenters. The van der Waals surface area contributed by atoms with Crippen molar-refractivity contribution in [2.45, 2.75) is 123 Å². The van der Waals surface area contributed by atoms with Gasteiger partial charge in [0, 0.05) is 85.7 Å². The third-order valence-electron chi connectivity index (χ3n) is 13.5. The molecule has 364 valence electrons. The molecule has 3 aliphatic rings. The van der Waals surface area contributed by atoms with Crippen LogP contribution < -0.4 is 10.7 Å². The van der Waals surface area contributed by atoms with Crippen LogP contribution in [0.1, 0.15) is 102 Å². The number of hydrazine groups is 1. The molecule has 3 aliphatic heterocycles. The Morgan fingerprint density at radius 3 is 2.57 bits per heavy atom. The number of likely N-dealkylation sites (N-methyl/N-ethyl adjacent to an activating group) is 1. The minimum absolute atomic E-state index is 0.00488. The average molecular weight is 949 g/mol. The molecule has 7 rings (SSSR count). The van der Waals surface area contributed by atoms with Crippen molar-refractivity contribution in [2.24, 2.45) is 16.3 Å². The number of aliphatic hydroxyl groups is 1. The SMILES string of the molecule is C=C/C(=C(\N=C/C)[C@H](C)OC)c1c2c3cc(ccc3n1CC)-c1csc(n1)C[C@H](NC(=O)[C@H](C(C)C)N(C)C(=O)N1CCC[C@H]1c1ccccc1)C(=O)N1CCC[C@@](O)(N1)C(=O)OCC(C)(C)C2. The van der Waals surface area contributed by atoms with Gasteiger partial charge in [-0.15, -0.1) is 11.3 Å². The zero-order valence-corrected chi connectivity index (χ0v) is 41.8. The predicted octanol–water partition coefficient (Wildman–Crippen LogP) is 7.69. The Morgan fingerprint density at radius 1 is 1.15 bits per heavy atom. The first kappa shape index (κ1) is 50.2. The first-order valence-electron chi connectivity index (χ1n) is 23.8. The highest BCUT2D eigenvalue weighted by molar-refractivity contribution is 7.10. The summed E-state index contributed by atoms with van der Waals surface area (Å²) in [5, 5.41) is 19.6. The number of urea groups is 1. The van der Waals surface area contributed by atoms with Gasteiger partial charge in [-0.25, -0.2) is 14.6 Å². The van der Waals surface area contributed by atoms with Crippen LogP contribution in [0.5, 0.6) is 0 Å². The second-order valence-corrected chi connectivity index (χ2v) is 20.2. The molecule has 0 spiro atoms. The van der Waals surface area contributed by atoms with E-state index in [0.29, 0.717) is 30.2 Å². The number of rotatable bonds is 11. The third kappa shape index (κ3) is 10.2. The fourth-order valence-electron chi connectivity index (χ4n) is 10.0. The van der Waals surface area contributed by atoms with E-state index in [1.807, 2.05) is 94.3 Å². The predicted molar refractivity (Wildman–Crippen MR) is 266 cm³/mol. The van der Waals surface area contributed by atoms with E-state index in [-0.39, 0.29) is 56.5 Å². The number of aliphatic imine (C=N–C) groups is 1. The highest BCUT2D eigenvalue weighted by Gasteiger charge is 2.46. The van der Waals surface area contributed by atoms with Gasteiger partial charge in [0.05, 0.1) is 40.8 Å². The van der Waals surface area contributed by atoms with E-state index in [1.165, 1.54) is 21.2 Å². The number of ether oxygens (including phenoxy) is 2. The molecule has 4 aromatic rings. The largest absolute Gasteiger partial charge is 0.462 e. The number of carbonyl (C=O) groups is 4. The van der Waals surface area contributed by atoms with E-state index >= 15 is 0 Å². The number of nitrogens with one attached hydrogen (secondary N) is 2. The van der Waals surface area contributed by atoms with Crippen molar-refractivity contribution in [3.05, 3.63) is 94.1 Å². The Kier molecular flexibility index (Phi) is 15.4. The van der Waals surface area contributed by atoms with Gasteiger partial charge in [0.25, 0.3) is 5.91 Å². The fraction of sp³-hybridized carbons (Fsp3) is 0.500. The number of methoxy groups -OCH3 is 1. The number of carbonyl (C=O) groups excluding carboxylic acids is 4. The number of aromatic nitrogens is 2. The molecule has 0 aliphatic carbocycles. The van der Waals surface area contributed by atoms with E-state index in [4.69, 9.17) is 19.5 Å². The Bertz CT molecular complexity index is 2580. The maximum Gasteiger partial charge on any atom is 0.355 e. The minimum atomic E-state index is -2.23. The van der Waals surface area contributed by atoms with Gasteiger partial charge in [0.2, 0.25) is 11.6 Å². The highest BCUT2D eigenvalue weighted by atomic mass is 32.1. The first-order valence-corrected chi connectivity index (χ1v) is 24.7. The number of cyclic esters (lactones) is 1. The lowest BCUT2D eigenvalue weighted by Gasteiger charge is -2.40. The molecule has 6 bridgehead atoms. The molecule has 0 radical (unpaired) electrons. The second kappa shape index (κ2) is 20.9. The van der Waals surface area contributed by atoms with Crippen LogP contribution >= 0.6 is 11.3 Å². The van der Waals surface area contributed by atoms with Crippen molar-refractivity contribution in [2.75, 3.05) is 33.9 Å². The lowest BCUT2D eigenvalue weighted by molar-refractivity contribution is -0.189. The number of allylic oxidation sites excluding steroid dienone is 2. The van der Waals surface area contributed by atoms with Gasteiger partial charge in [-0.05, 0) is 75.6 Å². The zero-order valence-electron chi connectivity index (χ0n) is 41.0. The second-order valence-electron chi connectivity index (χ2n) is 19.3. The van der Waals surface area contributed by atoms with E-state index in [1.54, 1.807) is 20.4 Å². The van der Waals surface area contributed by atoms with Gasteiger partial charge in [-0.2, -0.15) is 5.43 Å². The Labute approximate surface area is 404 Å². The molecular weight excluding hydrogens is 881 g/mol. The van der Waals surface area contributed by atoms with Crippen LogP contribution in [-0.4, -0.2) is 117 Å². The molecule has 15 nitrogen and oxygen atoms in total. The number of nitrogens with zero attached hydrogens (tertiary/aromatic N) is 6. The Hall–Kier alpha value is -5.68. The number of benzene rings is 2. The standard InChI is InChI=1S/C52H68N8O7S/c1-11-36(44(53-12-2)33(6)66-10)46-38-29-51(7,8)31-67-49(63)52(65)24-18-26-60(56-52)48(62)39(28-43-54-40(30-68-43)35-22-23-42(37(38)27-35)58(46)13-3)55-47(61)45(32(4)5)57(9)50(64)59-25-17-21-41(59)34-19-15-14-16-20-34/h11-12,14-16,19-20,22-23,27,30,32-33,39,41,45,56,65H,1,13,17-18,21,24-26,28-29,31H2,2-10H3,(H,55,61)/b44-36+,53-12-/t33-,39-,41-,45-,52-/m0/s1. The lowest BCUT2D eigenvalue weighted by Crippen LogP contribution is -2.67. The molecule has 5 heterocycles. The maximum absolute atomic E-state index is 14.7. The smallest absolute Gasteiger partial charge is 0.355 e. The summed E-state index contributed by atoms with van der Waals surface area (Å²) in [6.07, 6.45) is 5.61. The molecule has 68 heavy (non-hydrogen) atoms. The summed E-state index contributed by atoms with van der Waals surface area (Å²) in [6, 6.07) is 13.6. The van der Waals surface area contributed by atoms with Crippen LogP contribution in [-0.2, 0) is 43.2 Å².